The third kappa shape index (κ3) is 9.23. The van der Waals surface area contributed by atoms with Gasteiger partial charge in [0.05, 0.1) is 19.8 Å². The second kappa shape index (κ2) is 13.3. The Kier molecular flexibility index (Phi) is 11.9. The maximum absolute atomic E-state index is 10.7. The largest absolute Gasteiger partial charge is 0.384 e. The predicted molar refractivity (Wildman–Crippen MR) is 120 cm³/mol. The summed E-state index contributed by atoms with van der Waals surface area (Å²) in [6.07, 6.45) is 2.02. The smallest absolute Gasteiger partial charge is 0.191 e. The zero-order valence-corrected chi connectivity index (χ0v) is 18.8. The van der Waals surface area contributed by atoms with Gasteiger partial charge < -0.3 is 25.2 Å². The SMILES string of the molecule is CCNC(=NCC(C)(O)c1ccccc1)NCCCOCC1CCOC1.I. The first-order valence-electron chi connectivity index (χ1n) is 9.57. The lowest BCUT2D eigenvalue weighted by atomic mass is 9.96. The van der Waals surface area contributed by atoms with Crippen molar-refractivity contribution >= 4 is 29.9 Å². The van der Waals surface area contributed by atoms with Crippen molar-refractivity contribution < 1.29 is 14.6 Å². The first-order valence-corrected chi connectivity index (χ1v) is 9.57. The molecule has 1 saturated heterocycles. The molecule has 0 spiro atoms. The molecule has 1 aromatic carbocycles. The molecule has 0 aliphatic carbocycles. The maximum Gasteiger partial charge on any atom is 0.191 e. The molecule has 2 rings (SSSR count). The lowest BCUT2D eigenvalue weighted by Crippen LogP contribution is -2.39. The number of halogens is 1. The van der Waals surface area contributed by atoms with Crippen LogP contribution >= 0.6 is 24.0 Å². The molecule has 1 aliphatic heterocycles. The number of ether oxygens (including phenoxy) is 2. The van der Waals surface area contributed by atoms with Crippen molar-refractivity contribution in [2.24, 2.45) is 10.9 Å². The molecule has 1 heterocycles. The van der Waals surface area contributed by atoms with Gasteiger partial charge in [-0.2, -0.15) is 0 Å². The van der Waals surface area contributed by atoms with Crippen molar-refractivity contribution in [2.75, 3.05) is 46.1 Å². The molecule has 1 fully saturated rings. The van der Waals surface area contributed by atoms with E-state index in [0.717, 1.165) is 57.9 Å². The van der Waals surface area contributed by atoms with Crippen LogP contribution in [0.3, 0.4) is 0 Å². The molecule has 0 bridgehead atoms. The van der Waals surface area contributed by atoms with Crippen LogP contribution in [0, 0.1) is 5.92 Å². The van der Waals surface area contributed by atoms with Crippen LogP contribution in [0.2, 0.25) is 0 Å². The summed E-state index contributed by atoms with van der Waals surface area (Å²) in [7, 11) is 0. The van der Waals surface area contributed by atoms with Crippen LogP contribution in [0.25, 0.3) is 0 Å². The quantitative estimate of drug-likeness (QED) is 0.203. The molecule has 7 heteroatoms. The van der Waals surface area contributed by atoms with E-state index in [0.29, 0.717) is 18.4 Å². The number of rotatable bonds is 10. The summed E-state index contributed by atoms with van der Waals surface area (Å²) in [4.78, 5) is 4.53. The second-order valence-corrected chi connectivity index (χ2v) is 6.92. The molecule has 0 amide bonds. The van der Waals surface area contributed by atoms with Gasteiger partial charge >= 0.3 is 0 Å². The molecule has 3 N–H and O–H groups in total. The highest BCUT2D eigenvalue weighted by molar-refractivity contribution is 14.0. The van der Waals surface area contributed by atoms with Crippen molar-refractivity contribution in [3.8, 4) is 0 Å². The molecule has 1 aliphatic rings. The third-order valence-electron chi connectivity index (χ3n) is 4.42. The molecule has 2 atom stereocenters. The van der Waals surface area contributed by atoms with Gasteiger partial charge in [-0.05, 0) is 32.3 Å². The first-order chi connectivity index (χ1) is 12.6. The Balaban J connectivity index is 0.00000364. The third-order valence-corrected chi connectivity index (χ3v) is 4.42. The van der Waals surface area contributed by atoms with Crippen molar-refractivity contribution in [3.63, 3.8) is 0 Å². The van der Waals surface area contributed by atoms with E-state index < -0.39 is 5.60 Å². The van der Waals surface area contributed by atoms with Crippen LogP contribution in [0.4, 0.5) is 0 Å². The van der Waals surface area contributed by atoms with E-state index in [9.17, 15) is 5.11 Å². The summed E-state index contributed by atoms with van der Waals surface area (Å²) in [5.41, 5.74) is -0.125. The van der Waals surface area contributed by atoms with E-state index in [2.05, 4.69) is 15.6 Å². The van der Waals surface area contributed by atoms with Crippen LogP contribution in [-0.4, -0.2) is 57.1 Å². The normalized spacial score (nSPS) is 19.2. The fourth-order valence-electron chi connectivity index (χ4n) is 2.81. The highest BCUT2D eigenvalue weighted by Gasteiger charge is 2.22. The number of nitrogens with zero attached hydrogens (tertiary/aromatic N) is 1. The van der Waals surface area contributed by atoms with Crippen LogP contribution in [-0.2, 0) is 15.1 Å². The average Bonchev–Trinajstić information content (AvgIpc) is 3.16. The summed E-state index contributed by atoms with van der Waals surface area (Å²) in [5, 5.41) is 17.2. The minimum atomic E-state index is -0.990. The van der Waals surface area contributed by atoms with E-state index >= 15 is 0 Å². The van der Waals surface area contributed by atoms with E-state index in [1.807, 2.05) is 37.3 Å². The molecule has 0 saturated carbocycles. The number of aliphatic imine (C=N–C) groups is 1. The highest BCUT2D eigenvalue weighted by Crippen LogP contribution is 2.20. The van der Waals surface area contributed by atoms with Gasteiger partial charge in [0.25, 0.3) is 0 Å². The highest BCUT2D eigenvalue weighted by atomic mass is 127. The Labute approximate surface area is 180 Å². The molecule has 1 aromatic rings. The summed E-state index contributed by atoms with van der Waals surface area (Å²) >= 11 is 0. The van der Waals surface area contributed by atoms with Crippen LogP contribution in [0.5, 0.6) is 0 Å². The standard InChI is InChI=1S/C20H33N3O3.HI/c1-3-21-19(22-11-7-12-25-14-17-10-13-26-15-17)23-16-20(2,24)18-8-5-4-6-9-18;/h4-6,8-9,17,24H,3,7,10-16H2,1-2H3,(H2,21,22,23);1H. The van der Waals surface area contributed by atoms with Crippen molar-refractivity contribution in [3.05, 3.63) is 35.9 Å². The lowest BCUT2D eigenvalue weighted by molar-refractivity contribution is 0.0672. The van der Waals surface area contributed by atoms with E-state index in [1.165, 1.54) is 0 Å². The number of hydrogen-bond acceptors (Lipinski definition) is 4. The Hall–Kier alpha value is -0.900. The first kappa shape index (κ1) is 24.1. The molecule has 6 nitrogen and oxygen atoms in total. The second-order valence-electron chi connectivity index (χ2n) is 6.92. The minimum Gasteiger partial charge on any atom is -0.384 e. The van der Waals surface area contributed by atoms with Crippen LogP contribution in [0.1, 0.15) is 32.3 Å². The van der Waals surface area contributed by atoms with E-state index in [1.54, 1.807) is 6.92 Å². The van der Waals surface area contributed by atoms with Gasteiger partial charge in [-0.1, -0.05) is 30.3 Å². The molecular formula is C20H34IN3O3. The van der Waals surface area contributed by atoms with Crippen molar-refractivity contribution in [1.29, 1.82) is 0 Å². The van der Waals surface area contributed by atoms with E-state index in [-0.39, 0.29) is 24.0 Å². The van der Waals surface area contributed by atoms with Crippen LogP contribution < -0.4 is 10.6 Å². The molecule has 0 aromatic heterocycles. The van der Waals surface area contributed by atoms with Gasteiger partial charge in [-0.3, -0.25) is 0 Å². The summed E-state index contributed by atoms with van der Waals surface area (Å²) < 4.78 is 11.1. The summed E-state index contributed by atoms with van der Waals surface area (Å²) in [6, 6.07) is 9.63. The van der Waals surface area contributed by atoms with E-state index in [4.69, 9.17) is 9.47 Å². The lowest BCUT2D eigenvalue weighted by Gasteiger charge is -2.22. The zero-order valence-electron chi connectivity index (χ0n) is 16.4. The monoisotopic (exact) mass is 491 g/mol. The van der Waals surface area contributed by atoms with Crippen LogP contribution in [0.15, 0.2) is 35.3 Å². The number of hydrogen-bond donors (Lipinski definition) is 3. The Morgan fingerprint density at radius 1 is 1.33 bits per heavy atom. The average molecular weight is 491 g/mol. The van der Waals surface area contributed by atoms with Gasteiger partial charge in [0.15, 0.2) is 5.96 Å². The maximum atomic E-state index is 10.7. The molecule has 0 radical (unpaired) electrons. The predicted octanol–water partition coefficient (Wildman–Crippen LogP) is 2.51. The van der Waals surface area contributed by atoms with Crippen molar-refractivity contribution in [2.45, 2.75) is 32.3 Å². The fraction of sp³-hybridized carbons (Fsp3) is 0.650. The molecular weight excluding hydrogens is 457 g/mol. The fourth-order valence-corrected chi connectivity index (χ4v) is 2.81. The molecule has 2 unspecified atom stereocenters. The van der Waals surface area contributed by atoms with Gasteiger partial charge in [0.2, 0.25) is 0 Å². The number of guanidine groups is 1. The number of benzene rings is 1. The summed E-state index contributed by atoms with van der Waals surface area (Å²) in [6.45, 7) is 8.87. The Bertz CT molecular complexity index is 535. The minimum absolute atomic E-state index is 0. The van der Waals surface area contributed by atoms with Crippen molar-refractivity contribution in [1.82, 2.24) is 10.6 Å². The number of aliphatic hydroxyl groups is 1. The van der Waals surface area contributed by atoms with Gasteiger partial charge in [-0.15, -0.1) is 24.0 Å². The number of nitrogens with one attached hydrogen (secondary N) is 2. The zero-order chi connectivity index (χ0) is 18.7. The topological polar surface area (TPSA) is 75.1 Å². The Morgan fingerprint density at radius 2 is 2.11 bits per heavy atom. The molecule has 27 heavy (non-hydrogen) atoms. The van der Waals surface area contributed by atoms with Gasteiger partial charge in [-0.25, -0.2) is 4.99 Å². The summed E-state index contributed by atoms with van der Waals surface area (Å²) in [5.74, 6) is 1.27. The Morgan fingerprint density at radius 3 is 2.78 bits per heavy atom. The van der Waals surface area contributed by atoms with Gasteiger partial charge in [0, 0.05) is 32.2 Å². The van der Waals surface area contributed by atoms with Gasteiger partial charge in [0.1, 0.15) is 5.60 Å². The molecule has 154 valence electrons.